The zero-order valence-electron chi connectivity index (χ0n) is 4.75. The summed E-state index contributed by atoms with van der Waals surface area (Å²) in [4.78, 5) is 8.81. The summed E-state index contributed by atoms with van der Waals surface area (Å²) < 4.78 is -4.11. The Morgan fingerprint density at radius 2 is 1.45 bits per heavy atom. The van der Waals surface area contributed by atoms with E-state index in [1.165, 1.54) is 6.29 Å². The van der Waals surface area contributed by atoms with Crippen molar-refractivity contribution in [3.63, 3.8) is 0 Å². The number of carbonyl (C=O) groups excluding carboxylic acids is 1. The van der Waals surface area contributed by atoms with Gasteiger partial charge in [0, 0.05) is 0 Å². The van der Waals surface area contributed by atoms with E-state index < -0.39 is 13.5 Å². The highest BCUT2D eigenvalue weighted by atomic mass is 35.5. The van der Waals surface area contributed by atoms with E-state index in [1.54, 1.807) is 0 Å². The van der Waals surface area contributed by atoms with E-state index in [2.05, 4.69) is 0 Å². The molecule has 0 atom stereocenters. The normalized spacial score (nSPS) is 13.7. The van der Waals surface area contributed by atoms with E-state index in [-0.39, 0.29) is 0 Å². The Bertz CT molecular complexity index is 153. The second-order valence-electron chi connectivity index (χ2n) is 1.60. The second-order valence-corrected chi connectivity index (χ2v) is 5.41. The molecule has 0 fully saturated rings. The first-order chi connectivity index (χ1) is 4.75. The Hall–Kier alpha value is 1.41. The molecule has 0 aromatic carbocycles. The average molecular weight is 278 g/mol. The first-order valence-electron chi connectivity index (χ1n) is 2.19. The van der Waals surface area contributed by atoms with E-state index >= 15 is 0 Å². The zero-order chi connectivity index (χ0) is 9.28. The minimum Gasteiger partial charge on any atom is -0.287 e. The molecule has 11 heavy (non-hydrogen) atoms. The molecule has 0 unspecified atom stereocenters. The third kappa shape index (κ3) is 2.68. The number of rotatable bonds is 3. The first kappa shape index (κ1) is 12.4. The van der Waals surface area contributed by atoms with Gasteiger partial charge in [-0.3, -0.25) is 4.79 Å². The Kier molecular flexibility index (Phi) is 4.60. The summed E-state index contributed by atoms with van der Waals surface area (Å²) in [5.74, 6) is 0. The average Bonchev–Trinajstić information content (AvgIpc) is 1.87. The van der Waals surface area contributed by atoms with Crippen molar-refractivity contribution in [2.75, 3.05) is 0 Å². The lowest BCUT2D eigenvalue weighted by molar-refractivity contribution is 0.543. The number of hydrogen-bond donors (Lipinski definition) is 0. The molecule has 0 aliphatic heterocycles. The fourth-order valence-electron chi connectivity index (χ4n) is 0.205. The monoisotopic (exact) mass is 275 g/mol. The molecular formula is C4HCl6O. The highest BCUT2D eigenvalue weighted by Gasteiger charge is 2.52. The fraction of sp³-hybridized carbons (Fsp3) is 0.750. The lowest BCUT2D eigenvalue weighted by atomic mass is 10.3. The van der Waals surface area contributed by atoms with Crippen LogP contribution >= 0.6 is 69.6 Å². The zero-order valence-corrected chi connectivity index (χ0v) is 9.29. The quantitative estimate of drug-likeness (QED) is 0.724. The number of alkyl halides is 6. The molecule has 0 bridgehead atoms. The first-order valence-corrected chi connectivity index (χ1v) is 4.57. The second kappa shape index (κ2) is 4.08. The van der Waals surface area contributed by atoms with Gasteiger partial charge < -0.3 is 0 Å². The molecule has 0 aliphatic carbocycles. The van der Waals surface area contributed by atoms with E-state index in [1.807, 2.05) is 0 Å². The van der Waals surface area contributed by atoms with Gasteiger partial charge in [0.15, 0.2) is 4.33 Å². The van der Waals surface area contributed by atoms with Crippen LogP contribution in [-0.2, 0) is 4.79 Å². The fourth-order valence-corrected chi connectivity index (χ4v) is 1.05. The van der Waals surface area contributed by atoms with Gasteiger partial charge in [0.1, 0.15) is 4.84 Å². The minimum atomic E-state index is -2.13. The molecule has 0 amide bonds. The molecule has 1 nitrogen and oxygen atoms in total. The topological polar surface area (TPSA) is 17.1 Å². The molecular weight excluding hydrogens is 277 g/mol. The van der Waals surface area contributed by atoms with Crippen molar-refractivity contribution < 1.29 is 4.79 Å². The standard InChI is InChI=1S/C4HCl6O/c5-2(6)4(9,10)3(7,8)1-11/h2H. The molecule has 0 aliphatic rings. The summed E-state index contributed by atoms with van der Waals surface area (Å²) in [6, 6.07) is 0. The van der Waals surface area contributed by atoms with E-state index in [0.29, 0.717) is 0 Å². The maximum absolute atomic E-state index is 10.1. The number of hydrogen-bond acceptors (Lipinski definition) is 1. The van der Waals surface area contributed by atoms with Crippen molar-refractivity contribution >= 4 is 75.9 Å². The van der Waals surface area contributed by atoms with Crippen LogP contribution in [0.15, 0.2) is 0 Å². The maximum atomic E-state index is 10.1. The van der Waals surface area contributed by atoms with E-state index in [4.69, 9.17) is 69.6 Å². The van der Waals surface area contributed by atoms with Crippen molar-refractivity contribution in [1.29, 1.82) is 0 Å². The third-order valence-corrected chi connectivity index (χ3v) is 4.06. The van der Waals surface area contributed by atoms with Gasteiger partial charge in [0.05, 0.1) is 0 Å². The van der Waals surface area contributed by atoms with Gasteiger partial charge in [-0.25, -0.2) is 0 Å². The van der Waals surface area contributed by atoms with Crippen LogP contribution in [0.4, 0.5) is 0 Å². The summed E-state index contributed by atoms with van der Waals surface area (Å²) >= 11 is 32.1. The molecule has 7 heteroatoms. The molecule has 65 valence electrons. The maximum Gasteiger partial charge on any atom is 0.240 e. The van der Waals surface area contributed by atoms with Gasteiger partial charge in [-0.1, -0.05) is 46.4 Å². The van der Waals surface area contributed by atoms with Crippen molar-refractivity contribution in [2.45, 2.75) is 13.5 Å². The van der Waals surface area contributed by atoms with Crippen LogP contribution in [0.5, 0.6) is 0 Å². The van der Waals surface area contributed by atoms with E-state index in [0.717, 1.165) is 0 Å². The van der Waals surface area contributed by atoms with Crippen molar-refractivity contribution in [3.05, 3.63) is 0 Å². The highest BCUT2D eigenvalue weighted by Crippen LogP contribution is 2.46. The van der Waals surface area contributed by atoms with Crippen LogP contribution in [0, 0.1) is 0 Å². The van der Waals surface area contributed by atoms with Gasteiger partial charge in [0.25, 0.3) is 0 Å². The van der Waals surface area contributed by atoms with Gasteiger partial charge in [-0.15, -0.1) is 23.2 Å². The molecule has 0 saturated carbocycles. The van der Waals surface area contributed by atoms with E-state index in [9.17, 15) is 4.79 Å². The van der Waals surface area contributed by atoms with Crippen LogP contribution in [-0.4, -0.2) is 19.8 Å². The lowest BCUT2D eigenvalue weighted by Gasteiger charge is -2.27. The SMILES string of the molecule is O=[C]C(Cl)(Cl)C(Cl)(Cl)C(Cl)Cl. The Morgan fingerprint density at radius 3 is 1.55 bits per heavy atom. The molecule has 0 aromatic rings. The summed E-state index contributed by atoms with van der Waals surface area (Å²) in [6.45, 7) is 0. The van der Waals surface area contributed by atoms with Crippen LogP contribution in [0.25, 0.3) is 0 Å². The third-order valence-electron chi connectivity index (χ3n) is 0.821. The lowest BCUT2D eigenvalue weighted by Crippen LogP contribution is -2.42. The highest BCUT2D eigenvalue weighted by molar-refractivity contribution is 6.71. The summed E-state index contributed by atoms with van der Waals surface area (Å²) in [5, 5.41) is 0. The van der Waals surface area contributed by atoms with Gasteiger partial charge in [0.2, 0.25) is 10.6 Å². The van der Waals surface area contributed by atoms with Crippen molar-refractivity contribution in [2.24, 2.45) is 0 Å². The summed E-state index contributed by atoms with van der Waals surface area (Å²) in [6.07, 6.45) is 1.21. The summed E-state index contributed by atoms with van der Waals surface area (Å²) in [7, 11) is 0. The Labute approximate surface area is 93.8 Å². The van der Waals surface area contributed by atoms with Crippen molar-refractivity contribution in [1.82, 2.24) is 0 Å². The molecule has 0 N–H and O–H groups in total. The van der Waals surface area contributed by atoms with Gasteiger partial charge in [-0.2, -0.15) is 0 Å². The predicted molar refractivity (Wildman–Crippen MR) is 50.1 cm³/mol. The molecule has 0 spiro atoms. The molecule has 0 saturated heterocycles. The van der Waals surface area contributed by atoms with Crippen LogP contribution in [0.1, 0.15) is 0 Å². The smallest absolute Gasteiger partial charge is 0.240 e. The Balaban J connectivity index is 4.66. The molecule has 1 radical (unpaired) electrons. The molecule has 0 heterocycles. The molecule has 0 rings (SSSR count). The van der Waals surface area contributed by atoms with Crippen LogP contribution in [0.3, 0.4) is 0 Å². The van der Waals surface area contributed by atoms with Gasteiger partial charge >= 0.3 is 0 Å². The minimum absolute atomic E-state index is 1.21. The van der Waals surface area contributed by atoms with Crippen molar-refractivity contribution in [3.8, 4) is 0 Å². The van der Waals surface area contributed by atoms with Gasteiger partial charge in [-0.05, 0) is 0 Å². The largest absolute Gasteiger partial charge is 0.287 e. The summed E-state index contributed by atoms with van der Waals surface area (Å²) in [5.41, 5.74) is 0. The van der Waals surface area contributed by atoms with Crippen LogP contribution in [0.2, 0.25) is 0 Å². The molecule has 0 aromatic heterocycles. The Morgan fingerprint density at radius 1 is 1.09 bits per heavy atom. The predicted octanol–water partition coefficient (Wildman–Crippen LogP) is 3.25. The van der Waals surface area contributed by atoms with Crippen LogP contribution < -0.4 is 0 Å². The number of halogens is 6.